The van der Waals surface area contributed by atoms with Crippen molar-refractivity contribution in [1.82, 2.24) is 14.8 Å². The average molecular weight is 352 g/mol. The lowest BCUT2D eigenvalue weighted by atomic mass is 10.5. The van der Waals surface area contributed by atoms with Gasteiger partial charge in [-0.05, 0) is 28.1 Å². The molecule has 6 nitrogen and oxygen atoms in total. The largest absolute Gasteiger partial charge is 0.281 e. The number of aromatic nitrogens is 3. The van der Waals surface area contributed by atoms with Gasteiger partial charge in [0.25, 0.3) is 10.0 Å². The summed E-state index contributed by atoms with van der Waals surface area (Å²) in [4.78, 5) is 3.92. The lowest BCUT2D eigenvalue weighted by Crippen LogP contribution is -2.17. The third-order valence-corrected chi connectivity index (χ3v) is 4.39. The number of hydrogen-bond donors (Lipinski definition) is 1. The van der Waals surface area contributed by atoms with Crippen LogP contribution in [0.15, 0.2) is 34.0 Å². The lowest BCUT2D eigenvalue weighted by molar-refractivity contribution is 0.582. The molecule has 0 fully saturated rings. The second-order valence-electron chi connectivity index (χ2n) is 3.39. The van der Waals surface area contributed by atoms with Crippen molar-refractivity contribution in [3.63, 3.8) is 0 Å². The van der Waals surface area contributed by atoms with Crippen LogP contribution in [0.4, 0.5) is 5.82 Å². The predicted octanol–water partition coefficient (Wildman–Crippen LogP) is 2.03. The fraction of sp³-hybridized carbons (Fsp3) is 0.111. The van der Waals surface area contributed by atoms with Crippen molar-refractivity contribution in [3.05, 3.63) is 34.0 Å². The van der Waals surface area contributed by atoms with Gasteiger partial charge in [-0.2, -0.15) is 13.5 Å². The predicted molar refractivity (Wildman–Crippen MR) is 71.0 cm³/mol. The molecule has 0 unspecified atom stereocenters. The highest BCUT2D eigenvalue weighted by molar-refractivity contribution is 9.10. The van der Waals surface area contributed by atoms with Gasteiger partial charge in [-0.1, -0.05) is 11.6 Å². The number of nitrogens with zero attached hydrogens (tertiary/aromatic N) is 3. The van der Waals surface area contributed by atoms with Crippen LogP contribution in [0.3, 0.4) is 0 Å². The van der Waals surface area contributed by atoms with Crippen LogP contribution in [0.5, 0.6) is 0 Å². The SMILES string of the molecule is Cn1ncc(Cl)c1S(=O)(=O)Nc1ccc(Br)cn1. The third-order valence-electron chi connectivity index (χ3n) is 2.06. The zero-order valence-electron chi connectivity index (χ0n) is 9.13. The zero-order chi connectivity index (χ0) is 13.3. The molecule has 96 valence electrons. The number of halogens is 2. The van der Waals surface area contributed by atoms with Crippen LogP contribution in [-0.2, 0) is 17.1 Å². The Morgan fingerprint density at radius 3 is 2.61 bits per heavy atom. The molecule has 18 heavy (non-hydrogen) atoms. The molecule has 2 heterocycles. The summed E-state index contributed by atoms with van der Waals surface area (Å²) in [6, 6.07) is 3.21. The van der Waals surface area contributed by atoms with Gasteiger partial charge in [0.05, 0.1) is 11.2 Å². The van der Waals surface area contributed by atoms with Gasteiger partial charge in [0, 0.05) is 17.7 Å². The number of sulfonamides is 1. The molecule has 0 saturated heterocycles. The van der Waals surface area contributed by atoms with Crippen molar-refractivity contribution >= 4 is 43.4 Å². The molecule has 0 aliphatic rings. The Labute approximate surface area is 117 Å². The number of rotatable bonds is 3. The molecule has 2 aromatic rings. The van der Waals surface area contributed by atoms with Crippen molar-refractivity contribution in [1.29, 1.82) is 0 Å². The maximum Gasteiger partial charge on any atom is 0.281 e. The van der Waals surface area contributed by atoms with Crippen molar-refractivity contribution in [3.8, 4) is 0 Å². The Morgan fingerprint density at radius 1 is 1.39 bits per heavy atom. The Bertz CT molecular complexity index is 649. The van der Waals surface area contributed by atoms with Crippen LogP contribution in [0, 0.1) is 0 Å². The van der Waals surface area contributed by atoms with Gasteiger partial charge in [-0.25, -0.2) is 4.98 Å². The maximum absolute atomic E-state index is 12.1. The summed E-state index contributed by atoms with van der Waals surface area (Å²) in [7, 11) is -2.31. The molecule has 0 radical (unpaired) electrons. The molecule has 0 aliphatic heterocycles. The molecule has 0 amide bonds. The van der Waals surface area contributed by atoms with Crippen molar-refractivity contribution < 1.29 is 8.42 Å². The van der Waals surface area contributed by atoms with Gasteiger partial charge < -0.3 is 0 Å². The van der Waals surface area contributed by atoms with Crippen LogP contribution in [0.25, 0.3) is 0 Å². The second kappa shape index (κ2) is 4.87. The van der Waals surface area contributed by atoms with E-state index < -0.39 is 10.0 Å². The molecule has 9 heteroatoms. The zero-order valence-corrected chi connectivity index (χ0v) is 12.3. The molecule has 0 atom stereocenters. The summed E-state index contributed by atoms with van der Waals surface area (Å²) in [5, 5.41) is 3.73. The van der Waals surface area contributed by atoms with Crippen molar-refractivity contribution in [2.24, 2.45) is 7.05 Å². The molecule has 0 saturated carbocycles. The monoisotopic (exact) mass is 350 g/mol. The average Bonchev–Trinajstić information content (AvgIpc) is 2.62. The molecule has 0 aromatic carbocycles. The van der Waals surface area contributed by atoms with Crippen LogP contribution in [0.1, 0.15) is 0 Å². The van der Waals surface area contributed by atoms with E-state index in [-0.39, 0.29) is 15.9 Å². The van der Waals surface area contributed by atoms with E-state index in [0.29, 0.717) is 0 Å². The summed E-state index contributed by atoms with van der Waals surface area (Å²) in [5.74, 6) is 0.204. The van der Waals surface area contributed by atoms with Crippen molar-refractivity contribution in [2.75, 3.05) is 4.72 Å². The number of anilines is 1. The number of hydrogen-bond acceptors (Lipinski definition) is 4. The van der Waals surface area contributed by atoms with Gasteiger partial charge in [0.2, 0.25) is 0 Å². The highest BCUT2D eigenvalue weighted by atomic mass is 79.9. The Kier molecular flexibility index (Phi) is 3.60. The van der Waals surface area contributed by atoms with E-state index in [0.717, 1.165) is 4.47 Å². The number of aryl methyl sites for hydroxylation is 1. The van der Waals surface area contributed by atoms with Crippen molar-refractivity contribution in [2.45, 2.75) is 5.03 Å². The summed E-state index contributed by atoms with van der Waals surface area (Å²) >= 11 is 9.00. The highest BCUT2D eigenvalue weighted by Gasteiger charge is 2.23. The molecule has 2 aromatic heterocycles. The number of nitrogens with one attached hydrogen (secondary N) is 1. The molecule has 0 spiro atoms. The van der Waals surface area contributed by atoms with E-state index in [2.05, 4.69) is 30.7 Å². The van der Waals surface area contributed by atoms with E-state index in [9.17, 15) is 8.42 Å². The minimum absolute atomic E-state index is 0.0575. The molecule has 2 rings (SSSR count). The van der Waals surface area contributed by atoms with E-state index >= 15 is 0 Å². The maximum atomic E-state index is 12.1. The van der Waals surface area contributed by atoms with Gasteiger partial charge in [0.1, 0.15) is 5.82 Å². The fourth-order valence-electron chi connectivity index (χ4n) is 1.32. The van der Waals surface area contributed by atoms with Crippen LogP contribution in [0.2, 0.25) is 5.02 Å². The molecular formula is C9H8BrClN4O2S. The van der Waals surface area contributed by atoms with E-state index in [1.807, 2.05) is 0 Å². The second-order valence-corrected chi connectivity index (χ2v) is 6.31. The van der Waals surface area contributed by atoms with Crippen LogP contribution in [-0.4, -0.2) is 23.2 Å². The summed E-state index contributed by atoms with van der Waals surface area (Å²) < 4.78 is 28.4. The number of pyridine rings is 1. The first kappa shape index (κ1) is 13.3. The van der Waals surface area contributed by atoms with E-state index in [1.165, 1.54) is 30.2 Å². The van der Waals surface area contributed by atoms with E-state index in [4.69, 9.17) is 11.6 Å². The molecular weight excluding hydrogens is 344 g/mol. The summed E-state index contributed by atoms with van der Waals surface area (Å²) in [5.41, 5.74) is 0. The molecule has 0 aliphatic carbocycles. The first-order chi connectivity index (χ1) is 8.40. The van der Waals surface area contributed by atoms with E-state index in [1.54, 1.807) is 6.07 Å². The Balaban J connectivity index is 2.36. The quantitative estimate of drug-likeness (QED) is 0.918. The first-order valence-electron chi connectivity index (χ1n) is 4.72. The minimum atomic E-state index is -3.80. The first-order valence-corrected chi connectivity index (χ1v) is 7.37. The standard InChI is InChI=1S/C9H8BrClN4O2S/c1-15-9(7(11)5-13-15)18(16,17)14-8-3-2-6(10)4-12-8/h2-5H,1H3,(H,12,14). The van der Waals surface area contributed by atoms with Gasteiger partial charge in [-0.15, -0.1) is 0 Å². The van der Waals surface area contributed by atoms with Gasteiger partial charge in [-0.3, -0.25) is 9.40 Å². The minimum Gasteiger partial charge on any atom is -0.262 e. The Hall–Kier alpha value is -1.12. The highest BCUT2D eigenvalue weighted by Crippen LogP contribution is 2.22. The molecule has 0 bridgehead atoms. The lowest BCUT2D eigenvalue weighted by Gasteiger charge is -2.07. The smallest absolute Gasteiger partial charge is 0.262 e. The van der Waals surface area contributed by atoms with Crippen LogP contribution < -0.4 is 4.72 Å². The summed E-state index contributed by atoms with van der Waals surface area (Å²) in [6.45, 7) is 0. The van der Waals surface area contributed by atoms with Gasteiger partial charge >= 0.3 is 0 Å². The third kappa shape index (κ3) is 2.65. The van der Waals surface area contributed by atoms with Crippen LogP contribution >= 0.6 is 27.5 Å². The van der Waals surface area contributed by atoms with Gasteiger partial charge in [0.15, 0.2) is 5.03 Å². The normalized spacial score (nSPS) is 11.5. The fourth-order valence-corrected chi connectivity index (χ4v) is 3.23. The molecule has 1 N–H and O–H groups in total. The summed E-state index contributed by atoms with van der Waals surface area (Å²) in [6.07, 6.45) is 2.76. The topological polar surface area (TPSA) is 76.9 Å². The Morgan fingerprint density at radius 2 is 2.11 bits per heavy atom.